The number of aliphatic hydroxyl groups excluding tert-OH is 2. The lowest BCUT2D eigenvalue weighted by atomic mass is 10.0. The summed E-state index contributed by atoms with van der Waals surface area (Å²) in [6, 6.07) is 0.165. The van der Waals surface area contributed by atoms with Crippen molar-refractivity contribution in [3.05, 3.63) is 0 Å². The molecule has 0 aliphatic carbocycles. The van der Waals surface area contributed by atoms with E-state index in [4.69, 9.17) is 5.11 Å². The lowest BCUT2D eigenvalue weighted by Crippen LogP contribution is -2.34. The van der Waals surface area contributed by atoms with E-state index >= 15 is 0 Å². The van der Waals surface area contributed by atoms with E-state index in [2.05, 4.69) is 12.2 Å². The molecule has 0 saturated carbocycles. The van der Waals surface area contributed by atoms with Crippen LogP contribution in [-0.4, -0.2) is 36.0 Å². The van der Waals surface area contributed by atoms with Gasteiger partial charge in [-0.25, -0.2) is 0 Å². The van der Waals surface area contributed by atoms with Crippen LogP contribution in [0.3, 0.4) is 0 Å². The number of unbranched alkanes of at least 4 members (excludes halogenated alkanes) is 17. The minimum absolute atomic E-state index is 0.148. The Labute approximate surface area is 170 Å². The third-order valence-electron chi connectivity index (χ3n) is 5.67. The van der Waals surface area contributed by atoms with E-state index in [1.165, 1.54) is 116 Å². The summed E-state index contributed by atoms with van der Waals surface area (Å²) in [5, 5.41) is 21.2. The van der Waals surface area contributed by atoms with Crippen LogP contribution in [0.1, 0.15) is 129 Å². The minimum Gasteiger partial charge on any atom is -0.395 e. The van der Waals surface area contributed by atoms with E-state index < -0.39 is 0 Å². The molecule has 0 aliphatic rings. The van der Waals surface area contributed by atoms with Crippen LogP contribution in [0.4, 0.5) is 0 Å². The minimum atomic E-state index is 0.148. The van der Waals surface area contributed by atoms with Crippen molar-refractivity contribution < 1.29 is 10.2 Å². The van der Waals surface area contributed by atoms with Gasteiger partial charge in [0, 0.05) is 12.6 Å². The van der Waals surface area contributed by atoms with Gasteiger partial charge < -0.3 is 15.5 Å². The monoisotopic (exact) mass is 385 g/mol. The summed E-state index contributed by atoms with van der Waals surface area (Å²) in [4.78, 5) is 0. The molecule has 164 valence electrons. The molecule has 27 heavy (non-hydrogen) atoms. The van der Waals surface area contributed by atoms with Crippen molar-refractivity contribution in [2.75, 3.05) is 19.8 Å². The third kappa shape index (κ3) is 22.0. The van der Waals surface area contributed by atoms with Gasteiger partial charge >= 0.3 is 0 Å². The average molecular weight is 386 g/mol. The van der Waals surface area contributed by atoms with Crippen molar-refractivity contribution in [3.8, 4) is 0 Å². The summed E-state index contributed by atoms with van der Waals surface area (Å²) >= 11 is 0. The summed E-state index contributed by atoms with van der Waals surface area (Å²) in [7, 11) is 0. The van der Waals surface area contributed by atoms with E-state index in [9.17, 15) is 5.11 Å². The second-order valence-electron chi connectivity index (χ2n) is 8.36. The molecule has 0 aliphatic heterocycles. The topological polar surface area (TPSA) is 52.5 Å². The molecule has 0 rings (SSSR count). The second kappa shape index (κ2) is 23.9. The maximum Gasteiger partial charge on any atom is 0.0584 e. The van der Waals surface area contributed by atoms with Crippen LogP contribution in [0.25, 0.3) is 0 Å². The Bertz CT molecular complexity index is 261. The van der Waals surface area contributed by atoms with Crippen molar-refractivity contribution in [2.24, 2.45) is 0 Å². The van der Waals surface area contributed by atoms with E-state index in [0.29, 0.717) is 6.54 Å². The number of hydrogen-bond acceptors (Lipinski definition) is 3. The molecular formula is C24H51NO2. The van der Waals surface area contributed by atoms with Crippen LogP contribution in [0.5, 0.6) is 0 Å². The normalized spacial score (nSPS) is 12.6. The Morgan fingerprint density at radius 1 is 0.556 bits per heavy atom. The predicted octanol–water partition coefficient (Wildman–Crippen LogP) is 6.36. The van der Waals surface area contributed by atoms with Gasteiger partial charge in [-0.15, -0.1) is 0 Å². The number of rotatable bonds is 23. The van der Waals surface area contributed by atoms with Gasteiger partial charge in [0.1, 0.15) is 0 Å². The smallest absolute Gasteiger partial charge is 0.0584 e. The molecule has 1 unspecified atom stereocenters. The van der Waals surface area contributed by atoms with Crippen molar-refractivity contribution in [1.82, 2.24) is 5.32 Å². The highest BCUT2D eigenvalue weighted by Crippen LogP contribution is 2.14. The Morgan fingerprint density at radius 3 is 1.26 bits per heavy atom. The largest absolute Gasteiger partial charge is 0.395 e. The molecule has 0 spiro atoms. The SMILES string of the molecule is CCCCCCCCCCCCCCCCCCCCC(CO)NCCO. The van der Waals surface area contributed by atoms with Crippen LogP contribution in [0.15, 0.2) is 0 Å². The van der Waals surface area contributed by atoms with Crippen molar-refractivity contribution >= 4 is 0 Å². The molecule has 3 N–H and O–H groups in total. The predicted molar refractivity (Wildman–Crippen MR) is 119 cm³/mol. The lowest BCUT2D eigenvalue weighted by Gasteiger charge is -2.15. The summed E-state index contributed by atoms with van der Waals surface area (Å²) in [6.45, 7) is 3.20. The van der Waals surface area contributed by atoms with E-state index in [1.807, 2.05) is 0 Å². The highest BCUT2D eigenvalue weighted by Gasteiger charge is 2.05. The zero-order chi connectivity index (χ0) is 19.8. The first-order chi connectivity index (χ1) is 13.3. The fourth-order valence-corrected chi connectivity index (χ4v) is 3.82. The lowest BCUT2D eigenvalue weighted by molar-refractivity contribution is 0.217. The van der Waals surface area contributed by atoms with E-state index in [1.54, 1.807) is 0 Å². The van der Waals surface area contributed by atoms with Gasteiger partial charge in [0.2, 0.25) is 0 Å². The molecule has 0 fully saturated rings. The van der Waals surface area contributed by atoms with Gasteiger partial charge in [0.05, 0.1) is 13.2 Å². The quantitative estimate of drug-likeness (QED) is 0.179. The zero-order valence-corrected chi connectivity index (χ0v) is 18.5. The Hall–Kier alpha value is -0.120. The maximum absolute atomic E-state index is 9.25. The van der Waals surface area contributed by atoms with Crippen LogP contribution < -0.4 is 5.32 Å². The third-order valence-corrected chi connectivity index (χ3v) is 5.67. The molecule has 0 radical (unpaired) electrons. The standard InChI is InChI=1S/C24H51NO2/c1-2-3-4-5-6-7-8-9-10-11-12-13-14-15-16-17-18-19-20-24(23-27)25-21-22-26/h24-27H,2-23H2,1H3. The van der Waals surface area contributed by atoms with Gasteiger partial charge in [-0.05, 0) is 6.42 Å². The number of aliphatic hydroxyl groups is 2. The van der Waals surface area contributed by atoms with Gasteiger partial charge in [-0.1, -0.05) is 122 Å². The van der Waals surface area contributed by atoms with Gasteiger partial charge in [0.25, 0.3) is 0 Å². The molecule has 0 amide bonds. The summed E-state index contributed by atoms with van der Waals surface area (Å²) in [6.07, 6.45) is 26.2. The molecule has 0 heterocycles. The van der Waals surface area contributed by atoms with Gasteiger partial charge in [-0.3, -0.25) is 0 Å². The summed E-state index contributed by atoms with van der Waals surface area (Å²) in [5.74, 6) is 0. The molecule has 0 aromatic heterocycles. The molecule has 0 aromatic carbocycles. The first-order valence-corrected chi connectivity index (χ1v) is 12.3. The Kier molecular flexibility index (Phi) is 23.8. The average Bonchev–Trinajstić information content (AvgIpc) is 2.69. The fraction of sp³-hybridized carbons (Fsp3) is 1.00. The Morgan fingerprint density at radius 2 is 0.926 bits per heavy atom. The molecule has 3 nitrogen and oxygen atoms in total. The first-order valence-electron chi connectivity index (χ1n) is 12.3. The summed E-state index contributed by atoms with van der Waals surface area (Å²) in [5.41, 5.74) is 0. The van der Waals surface area contributed by atoms with Crippen molar-refractivity contribution in [2.45, 2.75) is 135 Å². The van der Waals surface area contributed by atoms with E-state index in [0.717, 1.165) is 6.42 Å². The molecule has 0 saturated heterocycles. The van der Waals surface area contributed by atoms with Crippen molar-refractivity contribution in [1.29, 1.82) is 0 Å². The van der Waals surface area contributed by atoms with Crippen LogP contribution in [0.2, 0.25) is 0 Å². The van der Waals surface area contributed by atoms with Crippen LogP contribution in [0, 0.1) is 0 Å². The zero-order valence-electron chi connectivity index (χ0n) is 18.5. The summed E-state index contributed by atoms with van der Waals surface area (Å²) < 4.78 is 0. The molecule has 3 heteroatoms. The van der Waals surface area contributed by atoms with E-state index in [-0.39, 0.29) is 19.3 Å². The highest BCUT2D eigenvalue weighted by molar-refractivity contribution is 4.65. The van der Waals surface area contributed by atoms with Crippen molar-refractivity contribution in [3.63, 3.8) is 0 Å². The molecule has 0 bridgehead atoms. The van der Waals surface area contributed by atoms with Gasteiger partial charge in [0.15, 0.2) is 0 Å². The van der Waals surface area contributed by atoms with Crippen LogP contribution in [-0.2, 0) is 0 Å². The number of nitrogens with one attached hydrogen (secondary N) is 1. The first kappa shape index (κ1) is 26.9. The highest BCUT2D eigenvalue weighted by atomic mass is 16.3. The molecule has 1 atom stereocenters. The second-order valence-corrected chi connectivity index (χ2v) is 8.36. The number of hydrogen-bond donors (Lipinski definition) is 3. The van der Waals surface area contributed by atoms with Gasteiger partial charge in [-0.2, -0.15) is 0 Å². The molecular weight excluding hydrogens is 334 g/mol. The van der Waals surface area contributed by atoms with Crippen LogP contribution >= 0.6 is 0 Å². The Balaban J connectivity index is 3.10. The molecule has 0 aromatic rings. The fourth-order valence-electron chi connectivity index (χ4n) is 3.82. The maximum atomic E-state index is 9.25.